The van der Waals surface area contributed by atoms with Crippen LogP contribution in [-0.2, 0) is 9.53 Å². The lowest BCUT2D eigenvalue weighted by Gasteiger charge is -2.18. The molecule has 0 saturated carbocycles. The van der Waals surface area contributed by atoms with Crippen molar-refractivity contribution in [1.29, 1.82) is 0 Å². The van der Waals surface area contributed by atoms with Crippen LogP contribution >= 0.6 is 15.9 Å². The number of carboxylic acid groups (broad SMARTS) is 1. The monoisotopic (exact) mass is 451 g/mol. The number of alkyl carbamates (subject to hydrolysis) is 1. The van der Waals surface area contributed by atoms with Crippen LogP contribution in [0.3, 0.4) is 0 Å². The summed E-state index contributed by atoms with van der Waals surface area (Å²) < 4.78 is 6.18. The normalized spacial score (nSPS) is 13.3. The molecule has 1 amide bonds. The number of carbonyl (C=O) groups excluding carboxylic acids is 1. The maximum absolute atomic E-state index is 12.4. The van der Waals surface area contributed by atoms with Crippen LogP contribution in [0, 0.1) is 0 Å². The van der Waals surface area contributed by atoms with Crippen molar-refractivity contribution in [1.82, 2.24) is 5.32 Å². The Bertz CT molecular complexity index is 1040. The smallest absolute Gasteiger partial charge is 0.408 e. The molecule has 29 heavy (non-hydrogen) atoms. The van der Waals surface area contributed by atoms with Gasteiger partial charge in [-0.1, -0.05) is 76.6 Å². The lowest BCUT2D eigenvalue weighted by Crippen LogP contribution is -2.34. The minimum Gasteiger partial charge on any atom is -0.479 e. The van der Waals surface area contributed by atoms with Gasteiger partial charge in [-0.05, 0) is 39.9 Å². The van der Waals surface area contributed by atoms with Gasteiger partial charge >= 0.3 is 12.1 Å². The molecule has 0 heterocycles. The molecule has 0 aromatic heterocycles. The highest BCUT2D eigenvalue weighted by Crippen LogP contribution is 2.44. The fourth-order valence-corrected chi connectivity index (χ4v) is 4.15. The number of aliphatic carboxylic acids is 1. The molecule has 4 rings (SSSR count). The number of rotatable bonds is 5. The van der Waals surface area contributed by atoms with Crippen molar-refractivity contribution in [3.05, 3.63) is 94.0 Å². The third kappa shape index (κ3) is 3.89. The van der Waals surface area contributed by atoms with Gasteiger partial charge in [0, 0.05) is 10.4 Å². The van der Waals surface area contributed by atoms with Crippen molar-refractivity contribution in [2.75, 3.05) is 6.61 Å². The molecule has 3 aromatic carbocycles. The molecule has 1 aliphatic carbocycles. The van der Waals surface area contributed by atoms with E-state index in [4.69, 9.17) is 4.74 Å². The fourth-order valence-electron chi connectivity index (χ4n) is 3.73. The van der Waals surface area contributed by atoms with E-state index in [1.54, 1.807) is 24.3 Å². The molecule has 0 aliphatic heterocycles. The highest BCUT2D eigenvalue weighted by Gasteiger charge is 2.30. The van der Waals surface area contributed by atoms with Crippen LogP contribution in [0.2, 0.25) is 0 Å². The third-order valence-corrected chi connectivity index (χ3v) is 5.53. The van der Waals surface area contributed by atoms with Crippen molar-refractivity contribution < 1.29 is 19.4 Å². The molecule has 0 fully saturated rings. The van der Waals surface area contributed by atoms with Gasteiger partial charge in [-0.2, -0.15) is 0 Å². The van der Waals surface area contributed by atoms with E-state index >= 15 is 0 Å². The van der Waals surface area contributed by atoms with Gasteiger partial charge < -0.3 is 15.2 Å². The third-order valence-electron chi connectivity index (χ3n) is 5.03. The first-order chi connectivity index (χ1) is 14.0. The van der Waals surface area contributed by atoms with Crippen molar-refractivity contribution >= 4 is 28.0 Å². The first-order valence-corrected chi connectivity index (χ1v) is 9.93. The van der Waals surface area contributed by atoms with Crippen LogP contribution in [-0.4, -0.2) is 23.8 Å². The van der Waals surface area contributed by atoms with Crippen LogP contribution < -0.4 is 5.32 Å². The predicted molar refractivity (Wildman–Crippen MR) is 113 cm³/mol. The summed E-state index contributed by atoms with van der Waals surface area (Å²) in [5.41, 5.74) is 4.93. The highest BCUT2D eigenvalue weighted by atomic mass is 79.9. The van der Waals surface area contributed by atoms with E-state index in [1.807, 2.05) is 36.4 Å². The maximum atomic E-state index is 12.4. The Balaban J connectivity index is 1.49. The highest BCUT2D eigenvalue weighted by molar-refractivity contribution is 9.10. The molecule has 146 valence electrons. The zero-order chi connectivity index (χ0) is 20.4. The number of fused-ring (bicyclic) bond motifs is 3. The number of hydrogen-bond donors (Lipinski definition) is 2. The summed E-state index contributed by atoms with van der Waals surface area (Å²) in [7, 11) is 0. The van der Waals surface area contributed by atoms with Gasteiger partial charge in [-0.3, -0.25) is 0 Å². The zero-order valence-electron chi connectivity index (χ0n) is 15.3. The summed E-state index contributed by atoms with van der Waals surface area (Å²) in [6.07, 6.45) is -0.765. The SMILES string of the molecule is O=C(NC(C(=O)O)c1cccc(Br)c1)OCC1c2ccccc2-c2ccccc21. The summed E-state index contributed by atoms with van der Waals surface area (Å²) in [6, 6.07) is 21.7. The summed E-state index contributed by atoms with van der Waals surface area (Å²) in [6.45, 7) is 0.130. The second kappa shape index (κ2) is 8.09. The Hall–Kier alpha value is -3.12. The number of benzene rings is 3. The van der Waals surface area contributed by atoms with E-state index < -0.39 is 18.1 Å². The molecule has 5 nitrogen and oxygen atoms in total. The number of nitrogens with one attached hydrogen (secondary N) is 1. The van der Waals surface area contributed by atoms with Gasteiger partial charge in [0.2, 0.25) is 0 Å². The Morgan fingerprint density at radius 1 is 0.966 bits per heavy atom. The number of amides is 1. The van der Waals surface area contributed by atoms with E-state index in [-0.39, 0.29) is 12.5 Å². The minimum absolute atomic E-state index is 0.0812. The Morgan fingerprint density at radius 3 is 2.17 bits per heavy atom. The molecule has 1 aliphatic rings. The first kappa shape index (κ1) is 19.2. The standard InChI is InChI=1S/C23H18BrNO4/c24-15-7-5-6-14(12-15)21(22(26)27)25-23(28)29-13-20-18-10-3-1-8-16(18)17-9-2-4-11-19(17)20/h1-12,20-21H,13H2,(H,25,28)(H,26,27). The van der Waals surface area contributed by atoms with E-state index in [1.165, 1.54) is 0 Å². The molecule has 0 spiro atoms. The average molecular weight is 452 g/mol. The van der Waals surface area contributed by atoms with Crippen molar-refractivity contribution in [2.45, 2.75) is 12.0 Å². The molecule has 1 unspecified atom stereocenters. The van der Waals surface area contributed by atoms with E-state index in [9.17, 15) is 14.7 Å². The van der Waals surface area contributed by atoms with Gasteiger partial charge in [0.1, 0.15) is 6.61 Å². The predicted octanol–water partition coefficient (Wildman–Crippen LogP) is 5.11. The molecule has 0 radical (unpaired) electrons. The number of hydrogen-bond acceptors (Lipinski definition) is 3. The Morgan fingerprint density at radius 2 is 1.59 bits per heavy atom. The van der Waals surface area contributed by atoms with Gasteiger partial charge in [-0.25, -0.2) is 9.59 Å². The second-order valence-electron chi connectivity index (χ2n) is 6.80. The van der Waals surface area contributed by atoms with Crippen LogP contribution in [0.4, 0.5) is 4.79 Å². The lowest BCUT2D eigenvalue weighted by molar-refractivity contribution is -0.139. The minimum atomic E-state index is -1.19. The van der Waals surface area contributed by atoms with Crippen LogP contribution in [0.25, 0.3) is 11.1 Å². The van der Waals surface area contributed by atoms with Gasteiger partial charge in [0.15, 0.2) is 6.04 Å². The van der Waals surface area contributed by atoms with E-state index in [0.29, 0.717) is 5.56 Å². The largest absolute Gasteiger partial charge is 0.479 e. The molecule has 2 N–H and O–H groups in total. The topological polar surface area (TPSA) is 75.6 Å². The van der Waals surface area contributed by atoms with Crippen molar-refractivity contribution in [3.8, 4) is 11.1 Å². The summed E-state index contributed by atoms with van der Waals surface area (Å²) in [5.74, 6) is -1.24. The van der Waals surface area contributed by atoms with Gasteiger partial charge in [-0.15, -0.1) is 0 Å². The number of halogens is 1. The van der Waals surface area contributed by atoms with Gasteiger partial charge in [0.25, 0.3) is 0 Å². The quantitative estimate of drug-likeness (QED) is 0.564. The molecular weight excluding hydrogens is 434 g/mol. The fraction of sp³-hybridized carbons (Fsp3) is 0.130. The molecule has 0 saturated heterocycles. The molecule has 3 aromatic rings. The van der Waals surface area contributed by atoms with Gasteiger partial charge in [0.05, 0.1) is 0 Å². The summed E-state index contributed by atoms with van der Waals surface area (Å²) in [4.78, 5) is 24.0. The number of carbonyl (C=O) groups is 2. The summed E-state index contributed by atoms with van der Waals surface area (Å²) >= 11 is 3.32. The molecule has 0 bridgehead atoms. The van der Waals surface area contributed by atoms with Crippen LogP contribution in [0.5, 0.6) is 0 Å². The summed E-state index contributed by atoms with van der Waals surface area (Å²) in [5, 5.41) is 12.0. The molecule has 6 heteroatoms. The number of carboxylic acids is 1. The van der Waals surface area contributed by atoms with E-state index in [2.05, 4.69) is 33.4 Å². The van der Waals surface area contributed by atoms with Crippen molar-refractivity contribution in [3.63, 3.8) is 0 Å². The Kier molecular flexibility index (Phi) is 5.36. The number of ether oxygens (including phenoxy) is 1. The zero-order valence-corrected chi connectivity index (χ0v) is 16.9. The molecule has 1 atom stereocenters. The van der Waals surface area contributed by atoms with Crippen LogP contribution in [0.1, 0.15) is 28.7 Å². The second-order valence-corrected chi connectivity index (χ2v) is 7.71. The maximum Gasteiger partial charge on any atom is 0.408 e. The van der Waals surface area contributed by atoms with Crippen LogP contribution in [0.15, 0.2) is 77.3 Å². The Labute approximate surface area is 176 Å². The van der Waals surface area contributed by atoms with E-state index in [0.717, 1.165) is 26.7 Å². The van der Waals surface area contributed by atoms with Crippen molar-refractivity contribution in [2.24, 2.45) is 0 Å². The first-order valence-electron chi connectivity index (χ1n) is 9.14. The lowest BCUT2D eigenvalue weighted by atomic mass is 9.98. The average Bonchev–Trinajstić information content (AvgIpc) is 3.04. The molecular formula is C23H18BrNO4.